The van der Waals surface area contributed by atoms with Crippen molar-refractivity contribution in [2.45, 2.75) is 6.92 Å². The summed E-state index contributed by atoms with van der Waals surface area (Å²) < 4.78 is 11.3. The summed E-state index contributed by atoms with van der Waals surface area (Å²) in [4.78, 5) is 29.4. The van der Waals surface area contributed by atoms with Gasteiger partial charge in [-0.1, -0.05) is 23.8 Å². The van der Waals surface area contributed by atoms with Gasteiger partial charge in [0.15, 0.2) is 17.2 Å². The molecule has 1 aliphatic rings. The van der Waals surface area contributed by atoms with Crippen molar-refractivity contribution < 1.29 is 13.9 Å². The Morgan fingerprint density at radius 3 is 2.72 bits per heavy atom. The van der Waals surface area contributed by atoms with Crippen LogP contribution in [0.1, 0.15) is 21.7 Å². The number of nitrogens with zero attached hydrogens (tertiary/aromatic N) is 5. The summed E-state index contributed by atoms with van der Waals surface area (Å²) in [5.41, 5.74) is 9.81. The molecule has 9 nitrogen and oxygen atoms in total. The number of nitrogens with two attached hydrogens (primary N) is 1. The Morgan fingerprint density at radius 1 is 1.22 bits per heavy atom. The summed E-state index contributed by atoms with van der Waals surface area (Å²) in [6, 6.07) is 9.55. The number of allylic oxidation sites excluding steroid dienone is 1. The van der Waals surface area contributed by atoms with Gasteiger partial charge in [0.25, 0.3) is 11.9 Å². The molecule has 1 amide bonds. The molecule has 3 heterocycles. The standard InChI is InChI=1S/C23H26N6O3/c1-15-5-4-6-16(13-15)17(24)7-8-25-23-26-18-14-19(22(30)28(2)3)32-20(18)21(27-23)29-9-11-31-12-10-29/h4-8,13-14H,9-12,24H2,1-3H3. The van der Waals surface area contributed by atoms with Crippen LogP contribution in [0, 0.1) is 6.92 Å². The molecule has 2 aromatic heterocycles. The van der Waals surface area contributed by atoms with E-state index in [0.717, 1.165) is 11.1 Å². The zero-order valence-electron chi connectivity index (χ0n) is 18.4. The number of anilines is 1. The van der Waals surface area contributed by atoms with Gasteiger partial charge in [0.05, 0.1) is 13.2 Å². The average Bonchev–Trinajstić information content (AvgIpc) is 3.22. The van der Waals surface area contributed by atoms with E-state index in [-0.39, 0.29) is 17.6 Å². The van der Waals surface area contributed by atoms with Gasteiger partial charge < -0.3 is 24.7 Å². The maximum atomic E-state index is 12.4. The highest BCUT2D eigenvalue weighted by Crippen LogP contribution is 2.30. The van der Waals surface area contributed by atoms with Gasteiger partial charge in [0.1, 0.15) is 5.52 Å². The number of aromatic nitrogens is 2. The van der Waals surface area contributed by atoms with E-state index in [1.807, 2.05) is 31.2 Å². The number of fused-ring (bicyclic) bond motifs is 1. The number of ether oxygens (including phenoxy) is 1. The second-order valence-corrected chi connectivity index (χ2v) is 7.74. The van der Waals surface area contributed by atoms with E-state index >= 15 is 0 Å². The van der Waals surface area contributed by atoms with Gasteiger partial charge in [-0.05, 0) is 24.6 Å². The molecule has 1 saturated heterocycles. The summed E-state index contributed by atoms with van der Waals surface area (Å²) in [5, 5.41) is 0. The predicted octanol–water partition coefficient (Wildman–Crippen LogP) is 2.77. The van der Waals surface area contributed by atoms with Gasteiger partial charge in [0.2, 0.25) is 0 Å². The van der Waals surface area contributed by atoms with Gasteiger partial charge in [-0.2, -0.15) is 4.98 Å². The molecule has 1 aromatic carbocycles. The smallest absolute Gasteiger partial charge is 0.289 e. The lowest BCUT2D eigenvalue weighted by Gasteiger charge is -2.27. The molecule has 1 aliphatic heterocycles. The molecule has 9 heteroatoms. The fraction of sp³-hybridized carbons (Fsp3) is 0.304. The molecule has 0 unspecified atom stereocenters. The third-order valence-corrected chi connectivity index (χ3v) is 5.07. The monoisotopic (exact) mass is 434 g/mol. The number of amides is 1. The second-order valence-electron chi connectivity index (χ2n) is 7.74. The summed E-state index contributed by atoms with van der Waals surface area (Å²) in [7, 11) is 3.34. The summed E-state index contributed by atoms with van der Waals surface area (Å²) in [5.74, 6) is 0.823. The Labute approximate surface area is 186 Å². The van der Waals surface area contributed by atoms with E-state index in [2.05, 4.69) is 19.9 Å². The van der Waals surface area contributed by atoms with Crippen molar-refractivity contribution in [2.75, 3.05) is 45.3 Å². The van der Waals surface area contributed by atoms with E-state index in [0.29, 0.717) is 48.9 Å². The molecule has 0 bridgehead atoms. The molecule has 2 N–H and O–H groups in total. The highest BCUT2D eigenvalue weighted by Gasteiger charge is 2.23. The van der Waals surface area contributed by atoms with E-state index in [1.165, 1.54) is 4.90 Å². The van der Waals surface area contributed by atoms with Crippen LogP contribution in [0.2, 0.25) is 0 Å². The zero-order chi connectivity index (χ0) is 22.7. The van der Waals surface area contributed by atoms with E-state index in [1.54, 1.807) is 32.5 Å². The van der Waals surface area contributed by atoms with Crippen LogP contribution in [-0.4, -0.2) is 67.4 Å². The Hall–Kier alpha value is -3.72. The van der Waals surface area contributed by atoms with E-state index < -0.39 is 0 Å². The number of carbonyl (C=O) groups excluding carboxylic acids is 1. The second kappa shape index (κ2) is 9.19. The molecule has 0 aliphatic carbocycles. The van der Waals surface area contributed by atoms with Crippen molar-refractivity contribution in [2.24, 2.45) is 10.7 Å². The maximum Gasteiger partial charge on any atom is 0.289 e. The summed E-state index contributed by atoms with van der Waals surface area (Å²) in [6.45, 7) is 4.51. The predicted molar refractivity (Wildman–Crippen MR) is 124 cm³/mol. The van der Waals surface area contributed by atoms with Crippen LogP contribution >= 0.6 is 0 Å². The van der Waals surface area contributed by atoms with Crippen LogP contribution in [0.25, 0.3) is 16.8 Å². The highest BCUT2D eigenvalue weighted by atomic mass is 16.5. The van der Waals surface area contributed by atoms with Gasteiger partial charge in [0, 0.05) is 45.2 Å². The Morgan fingerprint density at radius 2 is 2.00 bits per heavy atom. The van der Waals surface area contributed by atoms with Crippen LogP contribution in [0.4, 0.5) is 11.8 Å². The van der Waals surface area contributed by atoms with Gasteiger partial charge in [-0.25, -0.2) is 9.98 Å². The minimum absolute atomic E-state index is 0.207. The number of carbonyl (C=O) groups is 1. The quantitative estimate of drug-likeness (QED) is 0.615. The van der Waals surface area contributed by atoms with E-state index in [9.17, 15) is 4.79 Å². The average molecular weight is 435 g/mol. The number of hydrogen-bond donors (Lipinski definition) is 1. The molecule has 0 saturated carbocycles. The lowest BCUT2D eigenvalue weighted by atomic mass is 10.1. The van der Waals surface area contributed by atoms with Crippen LogP contribution in [0.15, 0.2) is 45.8 Å². The van der Waals surface area contributed by atoms with Crippen LogP contribution in [-0.2, 0) is 4.74 Å². The largest absolute Gasteiger partial charge is 0.445 e. The minimum Gasteiger partial charge on any atom is -0.445 e. The normalized spacial score (nSPS) is 15.0. The zero-order valence-corrected chi connectivity index (χ0v) is 18.4. The lowest BCUT2D eigenvalue weighted by molar-refractivity contribution is 0.0799. The van der Waals surface area contributed by atoms with Crippen LogP contribution < -0.4 is 10.6 Å². The molecule has 0 radical (unpaired) electrons. The molecular weight excluding hydrogens is 408 g/mol. The van der Waals surface area contributed by atoms with Crippen LogP contribution in [0.5, 0.6) is 0 Å². The molecule has 32 heavy (non-hydrogen) atoms. The molecule has 0 atom stereocenters. The summed E-state index contributed by atoms with van der Waals surface area (Å²) >= 11 is 0. The number of morpholine rings is 1. The van der Waals surface area contributed by atoms with Crippen LogP contribution in [0.3, 0.4) is 0 Å². The topological polar surface area (TPSA) is 110 Å². The number of aryl methyl sites for hydroxylation is 1. The maximum absolute atomic E-state index is 12.4. The number of furan rings is 1. The van der Waals surface area contributed by atoms with Crippen molar-refractivity contribution in [3.05, 3.63) is 53.3 Å². The van der Waals surface area contributed by atoms with Crippen molar-refractivity contribution in [1.82, 2.24) is 14.9 Å². The lowest BCUT2D eigenvalue weighted by Crippen LogP contribution is -2.36. The molecule has 0 spiro atoms. The first kappa shape index (κ1) is 21.5. The number of aliphatic imine (C=N–C) groups is 1. The minimum atomic E-state index is -0.241. The fourth-order valence-electron chi connectivity index (χ4n) is 3.38. The summed E-state index contributed by atoms with van der Waals surface area (Å²) in [6.07, 6.45) is 3.29. The molecule has 166 valence electrons. The molecule has 4 rings (SSSR count). The van der Waals surface area contributed by atoms with Gasteiger partial charge in [-0.3, -0.25) is 4.79 Å². The number of rotatable bonds is 5. The first-order valence-electron chi connectivity index (χ1n) is 10.3. The van der Waals surface area contributed by atoms with Crippen molar-refractivity contribution in [1.29, 1.82) is 0 Å². The first-order valence-corrected chi connectivity index (χ1v) is 10.3. The van der Waals surface area contributed by atoms with Crippen molar-refractivity contribution in [3.63, 3.8) is 0 Å². The fourth-order valence-corrected chi connectivity index (χ4v) is 3.38. The Bertz CT molecular complexity index is 1190. The SMILES string of the molecule is Cc1cccc(C(N)=CC=Nc2nc(N3CCOCC3)c3oc(C(=O)N(C)C)cc3n2)c1. The third kappa shape index (κ3) is 4.62. The Balaban J connectivity index is 1.70. The van der Waals surface area contributed by atoms with Gasteiger partial charge in [-0.15, -0.1) is 0 Å². The molecular formula is C23H26N6O3. The highest BCUT2D eigenvalue weighted by molar-refractivity contribution is 5.97. The first-order chi connectivity index (χ1) is 15.4. The van der Waals surface area contributed by atoms with Gasteiger partial charge >= 0.3 is 0 Å². The number of benzene rings is 1. The molecule has 1 fully saturated rings. The van der Waals surface area contributed by atoms with Crippen molar-refractivity contribution >= 4 is 40.7 Å². The third-order valence-electron chi connectivity index (χ3n) is 5.07. The number of hydrogen-bond acceptors (Lipinski definition) is 8. The molecule has 3 aromatic rings. The Kier molecular flexibility index (Phi) is 6.18. The van der Waals surface area contributed by atoms with E-state index in [4.69, 9.17) is 14.9 Å². The van der Waals surface area contributed by atoms with Crippen molar-refractivity contribution in [3.8, 4) is 0 Å².